The zero-order valence-electron chi connectivity index (χ0n) is 12.6. The maximum Gasteiger partial charge on any atom is 0.417 e. The highest BCUT2D eigenvalue weighted by Crippen LogP contribution is 2.37. The Labute approximate surface area is 155 Å². The van der Waals surface area contributed by atoms with Gasteiger partial charge in [0.25, 0.3) is 5.91 Å². The van der Waals surface area contributed by atoms with Gasteiger partial charge in [-0.25, -0.2) is 0 Å². The molecule has 1 aromatic heterocycles. The minimum absolute atomic E-state index is 0.0133. The Bertz CT molecular complexity index is 901. The number of carbonyl (C=O) groups excluding carboxylic acids is 1. The Morgan fingerprint density at radius 1 is 0.960 bits per heavy atom. The van der Waals surface area contributed by atoms with Crippen molar-refractivity contribution in [3.8, 4) is 11.3 Å². The zero-order chi connectivity index (χ0) is 18.0. The number of furan rings is 1. The molecule has 1 N–H and O–H groups in total. The van der Waals surface area contributed by atoms with Crippen LogP contribution in [0.2, 0.25) is 0 Å². The first-order valence-corrected chi connectivity index (χ1v) is 8.26. The quantitative estimate of drug-likeness (QED) is 0.504. The third kappa shape index (κ3) is 4.04. The molecule has 0 spiro atoms. The smallest absolute Gasteiger partial charge is 0.417 e. The fourth-order valence-electron chi connectivity index (χ4n) is 2.28. The summed E-state index contributed by atoms with van der Waals surface area (Å²) in [5, 5.41) is 2.64. The second-order valence-corrected chi connectivity index (χ2v) is 6.41. The molecule has 1 heterocycles. The molecule has 1 amide bonds. The summed E-state index contributed by atoms with van der Waals surface area (Å²) in [7, 11) is 0. The van der Waals surface area contributed by atoms with Gasteiger partial charge in [-0.1, -0.05) is 18.2 Å². The maximum atomic E-state index is 13.1. The van der Waals surface area contributed by atoms with E-state index in [1.807, 2.05) is 12.1 Å². The molecule has 3 nitrogen and oxygen atoms in total. The fourth-order valence-corrected chi connectivity index (χ4v) is 2.64. The number of anilines is 1. The third-order valence-corrected chi connectivity index (χ3v) is 4.15. The SMILES string of the molecule is O=C(Nc1ccc(I)cc1)c1ccc(-c2ccccc2C(F)(F)F)o1. The molecule has 0 radical (unpaired) electrons. The topological polar surface area (TPSA) is 42.2 Å². The van der Waals surface area contributed by atoms with Crippen LogP contribution >= 0.6 is 22.6 Å². The molecule has 0 saturated heterocycles. The van der Waals surface area contributed by atoms with E-state index in [1.54, 1.807) is 12.1 Å². The van der Waals surface area contributed by atoms with Crippen LogP contribution < -0.4 is 5.32 Å². The van der Waals surface area contributed by atoms with Crippen molar-refractivity contribution in [3.63, 3.8) is 0 Å². The standard InChI is InChI=1S/C18H11F3INO2/c19-18(20,21)14-4-2-1-3-13(14)15-9-10-16(25-15)17(24)23-12-7-5-11(22)6-8-12/h1-10H,(H,23,24). The molecular formula is C18H11F3INO2. The van der Waals surface area contributed by atoms with E-state index < -0.39 is 17.6 Å². The van der Waals surface area contributed by atoms with Crippen LogP contribution in [0.5, 0.6) is 0 Å². The number of nitrogens with one attached hydrogen (secondary N) is 1. The van der Waals surface area contributed by atoms with Gasteiger partial charge < -0.3 is 9.73 Å². The van der Waals surface area contributed by atoms with Crippen molar-refractivity contribution in [2.45, 2.75) is 6.18 Å². The highest BCUT2D eigenvalue weighted by atomic mass is 127. The van der Waals surface area contributed by atoms with Gasteiger partial charge in [-0.15, -0.1) is 0 Å². The lowest BCUT2D eigenvalue weighted by atomic mass is 10.1. The average molecular weight is 457 g/mol. The lowest BCUT2D eigenvalue weighted by molar-refractivity contribution is -0.137. The van der Waals surface area contributed by atoms with Crippen molar-refractivity contribution in [2.75, 3.05) is 5.32 Å². The van der Waals surface area contributed by atoms with Crippen molar-refractivity contribution in [2.24, 2.45) is 0 Å². The summed E-state index contributed by atoms with van der Waals surface area (Å²) in [6.45, 7) is 0. The number of halogens is 4. The zero-order valence-corrected chi connectivity index (χ0v) is 14.8. The predicted octanol–water partition coefficient (Wildman–Crippen LogP) is 5.82. The molecule has 0 unspecified atom stereocenters. The van der Waals surface area contributed by atoms with Gasteiger partial charge in [-0.3, -0.25) is 4.79 Å². The average Bonchev–Trinajstić information content (AvgIpc) is 3.06. The largest absolute Gasteiger partial charge is 0.451 e. The summed E-state index contributed by atoms with van der Waals surface area (Å²) in [4.78, 5) is 12.2. The molecule has 0 aliphatic heterocycles. The lowest BCUT2D eigenvalue weighted by Gasteiger charge is -2.10. The molecule has 7 heteroatoms. The first kappa shape index (κ1) is 17.5. The van der Waals surface area contributed by atoms with Crippen LogP contribution in [0, 0.1) is 3.57 Å². The van der Waals surface area contributed by atoms with E-state index in [1.165, 1.54) is 30.3 Å². The molecular weight excluding hydrogens is 446 g/mol. The lowest BCUT2D eigenvalue weighted by Crippen LogP contribution is -2.10. The molecule has 0 atom stereocenters. The fraction of sp³-hybridized carbons (Fsp3) is 0.0556. The van der Waals surface area contributed by atoms with Crippen LogP contribution in [-0.4, -0.2) is 5.91 Å². The van der Waals surface area contributed by atoms with Crippen molar-refractivity contribution in [1.82, 2.24) is 0 Å². The summed E-state index contributed by atoms with van der Waals surface area (Å²) in [6, 6.07) is 14.9. The van der Waals surface area contributed by atoms with E-state index in [-0.39, 0.29) is 17.1 Å². The predicted molar refractivity (Wildman–Crippen MR) is 96.3 cm³/mol. The van der Waals surface area contributed by atoms with Gasteiger partial charge >= 0.3 is 6.18 Å². The van der Waals surface area contributed by atoms with E-state index in [4.69, 9.17) is 4.42 Å². The number of rotatable bonds is 3. The van der Waals surface area contributed by atoms with Crippen LogP contribution in [0.25, 0.3) is 11.3 Å². The first-order valence-electron chi connectivity index (χ1n) is 7.18. The van der Waals surface area contributed by atoms with Gasteiger partial charge in [-0.2, -0.15) is 13.2 Å². The van der Waals surface area contributed by atoms with Crippen LogP contribution in [0.3, 0.4) is 0 Å². The van der Waals surface area contributed by atoms with Crippen molar-refractivity contribution < 1.29 is 22.4 Å². The number of amides is 1. The second-order valence-electron chi connectivity index (χ2n) is 5.17. The normalized spacial score (nSPS) is 11.4. The highest BCUT2D eigenvalue weighted by Gasteiger charge is 2.34. The molecule has 2 aromatic carbocycles. The molecule has 0 aliphatic carbocycles. The molecule has 3 rings (SSSR count). The highest BCUT2D eigenvalue weighted by molar-refractivity contribution is 14.1. The van der Waals surface area contributed by atoms with Crippen LogP contribution in [0.4, 0.5) is 18.9 Å². The Hall–Kier alpha value is -2.29. The minimum Gasteiger partial charge on any atom is -0.451 e. The van der Waals surface area contributed by atoms with Gasteiger partial charge in [-0.05, 0) is 65.1 Å². The van der Waals surface area contributed by atoms with E-state index in [0.29, 0.717) is 5.69 Å². The number of alkyl halides is 3. The monoisotopic (exact) mass is 457 g/mol. The van der Waals surface area contributed by atoms with Gasteiger partial charge in [0.1, 0.15) is 5.76 Å². The van der Waals surface area contributed by atoms with Gasteiger partial charge in [0.05, 0.1) is 5.56 Å². The molecule has 0 bridgehead atoms. The number of benzene rings is 2. The molecule has 0 saturated carbocycles. The number of hydrogen-bond donors (Lipinski definition) is 1. The van der Waals surface area contributed by atoms with Gasteiger partial charge in [0, 0.05) is 14.8 Å². The Kier molecular flexibility index (Phi) is 4.85. The third-order valence-electron chi connectivity index (χ3n) is 3.43. The van der Waals surface area contributed by atoms with E-state index in [0.717, 1.165) is 9.64 Å². The Morgan fingerprint density at radius 3 is 2.32 bits per heavy atom. The van der Waals surface area contributed by atoms with E-state index in [2.05, 4.69) is 27.9 Å². The first-order chi connectivity index (χ1) is 11.8. The summed E-state index contributed by atoms with van der Waals surface area (Å²) >= 11 is 2.14. The van der Waals surface area contributed by atoms with Gasteiger partial charge in [0.2, 0.25) is 0 Å². The van der Waals surface area contributed by atoms with Crippen molar-refractivity contribution in [1.29, 1.82) is 0 Å². The van der Waals surface area contributed by atoms with Gasteiger partial charge in [0.15, 0.2) is 5.76 Å². The molecule has 25 heavy (non-hydrogen) atoms. The molecule has 0 fully saturated rings. The molecule has 3 aromatic rings. The Morgan fingerprint density at radius 2 is 1.64 bits per heavy atom. The van der Waals surface area contributed by atoms with Crippen LogP contribution in [0.1, 0.15) is 16.1 Å². The van der Waals surface area contributed by atoms with Crippen molar-refractivity contribution >= 4 is 34.2 Å². The second kappa shape index (κ2) is 6.91. The molecule has 0 aliphatic rings. The summed E-state index contributed by atoms with van der Waals surface area (Å²) in [6.07, 6.45) is -4.51. The molecule has 128 valence electrons. The number of hydrogen-bond acceptors (Lipinski definition) is 2. The van der Waals surface area contributed by atoms with E-state index >= 15 is 0 Å². The summed E-state index contributed by atoms with van der Waals surface area (Å²) < 4.78 is 45.7. The Balaban J connectivity index is 1.86. The van der Waals surface area contributed by atoms with Crippen molar-refractivity contribution in [3.05, 3.63) is 75.6 Å². The van der Waals surface area contributed by atoms with Crippen LogP contribution in [-0.2, 0) is 6.18 Å². The number of carbonyl (C=O) groups is 1. The minimum atomic E-state index is -4.51. The maximum absolute atomic E-state index is 13.1. The van der Waals surface area contributed by atoms with Crippen LogP contribution in [0.15, 0.2) is 65.1 Å². The summed E-state index contributed by atoms with van der Waals surface area (Å²) in [5.41, 5.74) is -0.351. The van der Waals surface area contributed by atoms with E-state index in [9.17, 15) is 18.0 Å². The summed E-state index contributed by atoms with van der Waals surface area (Å²) in [5.74, 6) is -0.608.